The van der Waals surface area contributed by atoms with Crippen LogP contribution < -0.4 is 27.7 Å². The van der Waals surface area contributed by atoms with Crippen molar-refractivity contribution in [3.05, 3.63) is 67.3 Å². The Balaban J connectivity index is 1.92. The molecule has 0 saturated carbocycles. The number of carbonyl (C=O) groups is 1. The summed E-state index contributed by atoms with van der Waals surface area (Å²) in [7, 11) is 0. The Morgan fingerprint density at radius 2 is 1.82 bits per heavy atom. The molecule has 39 heavy (non-hydrogen) atoms. The van der Waals surface area contributed by atoms with E-state index >= 15 is 0 Å². The average molecular weight is 561 g/mol. The predicted octanol–water partition coefficient (Wildman–Crippen LogP) is 0.845. The molecule has 1 saturated heterocycles. The summed E-state index contributed by atoms with van der Waals surface area (Å²) in [5.41, 5.74) is 2.74. The van der Waals surface area contributed by atoms with Crippen molar-refractivity contribution in [3.63, 3.8) is 0 Å². The number of carboxylic acids is 1. The third-order valence-electron chi connectivity index (χ3n) is 7.32. The van der Waals surface area contributed by atoms with E-state index in [9.17, 15) is 29.7 Å². The summed E-state index contributed by atoms with van der Waals surface area (Å²) in [5, 5.41) is 30.4. The minimum Gasteiger partial charge on any atom is -0.481 e. The Kier molecular flexibility index (Phi) is 7.43. The number of aliphatic hydroxyl groups excluding tert-OH is 1. The lowest BCUT2D eigenvalue weighted by Gasteiger charge is -2.48. The number of fused-ring (bicyclic) bond motifs is 1. The van der Waals surface area contributed by atoms with Crippen LogP contribution in [0.4, 0.5) is 11.4 Å². The van der Waals surface area contributed by atoms with Gasteiger partial charge in [0.2, 0.25) is 0 Å². The summed E-state index contributed by atoms with van der Waals surface area (Å²) in [4.78, 5) is 42.0. The first-order valence-corrected chi connectivity index (χ1v) is 12.7. The maximum Gasteiger partial charge on any atom is 0.352 e. The fraction of sp³-hybridized carbons (Fsp3) is 0.423. The van der Waals surface area contributed by atoms with Gasteiger partial charge in [0.05, 0.1) is 40.3 Å². The van der Waals surface area contributed by atoms with E-state index in [2.05, 4.69) is 30.9 Å². The summed E-state index contributed by atoms with van der Waals surface area (Å²) in [6, 6.07) is 10.0. The minimum atomic E-state index is -2.32. The molecule has 13 heteroatoms. The Labute approximate surface area is 229 Å². The molecule has 1 unspecified atom stereocenters. The highest BCUT2D eigenvalue weighted by molar-refractivity contribution is 6.38. The molecule has 210 valence electrons. The van der Waals surface area contributed by atoms with Gasteiger partial charge in [-0.05, 0) is 26.3 Å². The van der Waals surface area contributed by atoms with Gasteiger partial charge in [0.25, 0.3) is 5.56 Å². The molecule has 1 atom stereocenters. The van der Waals surface area contributed by atoms with Crippen LogP contribution in [0.5, 0.6) is 0 Å². The molecule has 7 N–H and O–H groups in total. The zero-order chi connectivity index (χ0) is 28.9. The van der Waals surface area contributed by atoms with E-state index in [4.69, 9.17) is 23.2 Å². The van der Waals surface area contributed by atoms with E-state index in [1.165, 1.54) is 0 Å². The second-order valence-corrected chi connectivity index (χ2v) is 11.0. The number of nitrogens with two attached hydrogens (primary N) is 2. The predicted molar refractivity (Wildman–Crippen MR) is 149 cm³/mol. The molecule has 3 aromatic rings. The second-order valence-electron chi connectivity index (χ2n) is 10.7. The third-order valence-corrected chi connectivity index (χ3v) is 7.68. The Hall–Kier alpha value is -3.58. The van der Waals surface area contributed by atoms with E-state index in [1.54, 1.807) is 0 Å². The number of nitrogen functional groups attached to an aromatic ring is 2. The topological polar surface area (TPSA) is 180 Å². The number of aliphatic carboxylic acids is 1. The molecule has 1 fully saturated rings. The lowest BCUT2D eigenvalue weighted by atomic mass is 9.95. The van der Waals surface area contributed by atoms with E-state index < -0.39 is 36.0 Å². The van der Waals surface area contributed by atoms with Crippen molar-refractivity contribution in [1.82, 2.24) is 14.1 Å². The molecule has 0 amide bonds. The van der Waals surface area contributed by atoms with Gasteiger partial charge >= 0.3 is 11.7 Å². The van der Waals surface area contributed by atoms with Gasteiger partial charge < -0.3 is 31.8 Å². The zero-order valence-corrected chi connectivity index (χ0v) is 22.8. The molecule has 0 radical (unpaired) electrons. The summed E-state index contributed by atoms with van der Waals surface area (Å²) in [6.07, 6.45) is -0.890. The van der Waals surface area contributed by atoms with Crippen LogP contribution in [0.15, 0.2) is 39.9 Å². The van der Waals surface area contributed by atoms with Crippen molar-refractivity contribution < 1.29 is 20.1 Å². The van der Waals surface area contributed by atoms with E-state index in [0.29, 0.717) is 29.9 Å². The van der Waals surface area contributed by atoms with Gasteiger partial charge in [-0.2, -0.15) is 4.68 Å². The van der Waals surface area contributed by atoms with E-state index in [-0.39, 0.29) is 37.4 Å². The molecule has 2 aromatic carbocycles. The molecule has 0 bridgehead atoms. The number of aromatic nitrogens is 2. The Bertz CT molecular complexity index is 1550. The van der Waals surface area contributed by atoms with Gasteiger partial charge in [0, 0.05) is 37.3 Å². The molecule has 12 nitrogen and oxygen atoms in total. The summed E-state index contributed by atoms with van der Waals surface area (Å²) >= 11 is 6.90. The Morgan fingerprint density at radius 1 is 1.18 bits per heavy atom. The monoisotopic (exact) mass is 560 g/mol. The van der Waals surface area contributed by atoms with E-state index in [0.717, 1.165) is 19.0 Å². The number of piperazine rings is 1. The molecule has 1 aromatic heterocycles. The largest absolute Gasteiger partial charge is 0.481 e. The van der Waals surface area contributed by atoms with Crippen LogP contribution in [-0.4, -0.2) is 60.6 Å². The number of hydrogen-bond donors (Lipinski definition) is 5. The van der Waals surface area contributed by atoms with Crippen molar-refractivity contribution in [1.29, 1.82) is 0 Å². The van der Waals surface area contributed by atoms with Crippen molar-refractivity contribution in [2.75, 3.05) is 36.1 Å². The lowest BCUT2D eigenvalue weighted by molar-refractivity contribution is -0.146. The van der Waals surface area contributed by atoms with Crippen LogP contribution in [0.25, 0.3) is 10.9 Å². The van der Waals surface area contributed by atoms with Crippen molar-refractivity contribution in [2.24, 2.45) is 0 Å². The van der Waals surface area contributed by atoms with Crippen molar-refractivity contribution >= 4 is 39.8 Å². The number of aliphatic hydroxyl groups is 2. The summed E-state index contributed by atoms with van der Waals surface area (Å²) in [5.74, 6) is 4.32. The molecular formula is C26H33ClN6O6. The number of rotatable bonds is 7. The van der Waals surface area contributed by atoms with Crippen molar-refractivity contribution in [3.8, 4) is 0 Å². The highest BCUT2D eigenvalue weighted by atomic mass is 35.5. The lowest BCUT2D eigenvalue weighted by Crippen LogP contribution is -2.59. The van der Waals surface area contributed by atoms with Crippen molar-refractivity contribution in [2.45, 2.75) is 51.6 Å². The standard InChI is InChI=1S/C26H33ClN6O6/c1-25(2)14-30(9-10-31(25)12-15-7-5-4-6-8-15)21-16(13-34)20(28)18-22(19(21)27)32(24(38)33(29)23(18)37)26(3,39)11-17(35)36/h4-8,34,39H,9-14,28-29H2,1-3H3,(H,35,36). The highest BCUT2D eigenvalue weighted by Gasteiger charge is 2.38. The van der Waals surface area contributed by atoms with E-state index in [1.807, 2.05) is 23.1 Å². The smallest absolute Gasteiger partial charge is 0.352 e. The Morgan fingerprint density at radius 3 is 2.38 bits per heavy atom. The first-order chi connectivity index (χ1) is 18.2. The first-order valence-electron chi connectivity index (χ1n) is 12.4. The fourth-order valence-corrected chi connectivity index (χ4v) is 5.79. The average Bonchev–Trinajstić information content (AvgIpc) is 2.85. The van der Waals surface area contributed by atoms with Gasteiger partial charge in [-0.1, -0.05) is 41.9 Å². The summed E-state index contributed by atoms with van der Waals surface area (Å²) < 4.78 is 0.912. The minimum absolute atomic E-state index is 0.129. The third kappa shape index (κ3) is 4.96. The van der Waals surface area contributed by atoms with Crippen LogP contribution >= 0.6 is 11.6 Å². The van der Waals surface area contributed by atoms with Crippen LogP contribution in [0.1, 0.15) is 38.3 Å². The number of hydrogen-bond acceptors (Lipinski definition) is 9. The zero-order valence-electron chi connectivity index (χ0n) is 22.0. The maximum atomic E-state index is 13.1. The first kappa shape index (κ1) is 28.4. The van der Waals surface area contributed by atoms with Gasteiger partial charge in [-0.15, -0.1) is 0 Å². The van der Waals surface area contributed by atoms with Crippen LogP contribution in [0, 0.1) is 0 Å². The van der Waals surface area contributed by atoms with Gasteiger partial charge in [-0.3, -0.25) is 19.1 Å². The highest BCUT2D eigenvalue weighted by Crippen LogP contribution is 2.43. The van der Waals surface area contributed by atoms with Crippen LogP contribution in [0.3, 0.4) is 0 Å². The SMILES string of the molecule is CC1(C)CN(c2c(CO)c(N)c3c(=O)n(N)c(=O)n(C(C)(O)CC(=O)O)c3c2Cl)CCN1Cc1ccccc1. The van der Waals surface area contributed by atoms with Crippen LogP contribution in [-0.2, 0) is 23.7 Å². The second kappa shape index (κ2) is 10.2. The molecule has 0 spiro atoms. The van der Waals surface area contributed by atoms with Gasteiger partial charge in [0.15, 0.2) is 5.72 Å². The number of nitrogens with zero attached hydrogens (tertiary/aromatic N) is 4. The molecule has 1 aliphatic heterocycles. The van der Waals surface area contributed by atoms with Gasteiger partial charge in [-0.25, -0.2) is 4.79 Å². The number of anilines is 2. The number of carboxylic acid groups (broad SMARTS) is 1. The maximum absolute atomic E-state index is 13.1. The normalized spacial score (nSPS) is 17.3. The molecule has 4 rings (SSSR count). The molecule has 0 aliphatic carbocycles. The molecule has 1 aliphatic rings. The number of halogens is 1. The quantitative estimate of drug-likeness (QED) is 0.205. The molecule has 2 heterocycles. The summed E-state index contributed by atoms with van der Waals surface area (Å²) in [6.45, 7) is 6.92. The number of benzene rings is 2. The fourth-order valence-electron chi connectivity index (χ4n) is 5.38. The molecular weight excluding hydrogens is 528 g/mol. The van der Waals surface area contributed by atoms with Gasteiger partial charge in [0.1, 0.15) is 0 Å². The van der Waals surface area contributed by atoms with Crippen LogP contribution in [0.2, 0.25) is 5.02 Å².